The van der Waals surface area contributed by atoms with Crippen molar-refractivity contribution in [1.82, 2.24) is 0 Å². The SMILES string of the molecule is COC(=O)C(N)CC1C[C@@H]2C[C@@H]2C1. The fourth-order valence-corrected chi connectivity index (χ4v) is 2.64. The summed E-state index contributed by atoms with van der Waals surface area (Å²) in [5.41, 5.74) is 5.69. The van der Waals surface area contributed by atoms with Gasteiger partial charge in [0, 0.05) is 0 Å². The average Bonchev–Trinajstić information content (AvgIpc) is 2.73. The third kappa shape index (κ3) is 1.85. The highest BCUT2D eigenvalue weighted by molar-refractivity contribution is 5.75. The first-order valence-corrected chi connectivity index (χ1v) is 5.04. The van der Waals surface area contributed by atoms with Gasteiger partial charge in [-0.2, -0.15) is 0 Å². The molecular weight excluding hydrogens is 166 g/mol. The molecular formula is C10H17NO2. The Kier molecular flexibility index (Phi) is 2.28. The molecule has 0 bridgehead atoms. The van der Waals surface area contributed by atoms with Crippen LogP contribution in [-0.2, 0) is 9.53 Å². The number of hydrogen-bond acceptors (Lipinski definition) is 3. The zero-order valence-electron chi connectivity index (χ0n) is 8.03. The molecule has 0 aromatic heterocycles. The van der Waals surface area contributed by atoms with Crippen LogP contribution in [0.25, 0.3) is 0 Å². The Balaban J connectivity index is 1.74. The Morgan fingerprint density at radius 1 is 1.46 bits per heavy atom. The molecule has 2 unspecified atom stereocenters. The standard InChI is InChI=1S/C10H17NO2/c1-13-10(12)9(11)4-6-2-7-5-8(7)3-6/h6-9H,2-5,11H2,1H3/t6?,7-,8+,9?. The first-order valence-electron chi connectivity index (χ1n) is 5.04. The lowest BCUT2D eigenvalue weighted by Crippen LogP contribution is -2.33. The highest BCUT2D eigenvalue weighted by Gasteiger charge is 2.46. The lowest BCUT2D eigenvalue weighted by molar-refractivity contribution is -0.142. The first-order chi connectivity index (χ1) is 6.20. The molecule has 3 nitrogen and oxygen atoms in total. The smallest absolute Gasteiger partial charge is 0.322 e. The van der Waals surface area contributed by atoms with E-state index in [1.54, 1.807) is 0 Å². The van der Waals surface area contributed by atoms with Crippen molar-refractivity contribution >= 4 is 5.97 Å². The van der Waals surface area contributed by atoms with Gasteiger partial charge < -0.3 is 10.5 Å². The minimum absolute atomic E-state index is 0.263. The van der Waals surface area contributed by atoms with Gasteiger partial charge in [-0.3, -0.25) is 4.79 Å². The summed E-state index contributed by atoms with van der Waals surface area (Å²) < 4.78 is 4.60. The molecule has 2 fully saturated rings. The van der Waals surface area contributed by atoms with E-state index < -0.39 is 6.04 Å². The number of ether oxygens (including phenoxy) is 1. The van der Waals surface area contributed by atoms with Crippen molar-refractivity contribution in [3.8, 4) is 0 Å². The maximum absolute atomic E-state index is 11.0. The van der Waals surface area contributed by atoms with Gasteiger partial charge in [0.25, 0.3) is 0 Å². The van der Waals surface area contributed by atoms with Crippen LogP contribution in [0.2, 0.25) is 0 Å². The van der Waals surface area contributed by atoms with Gasteiger partial charge in [0.2, 0.25) is 0 Å². The van der Waals surface area contributed by atoms with Crippen molar-refractivity contribution in [3.05, 3.63) is 0 Å². The van der Waals surface area contributed by atoms with Crippen LogP contribution in [-0.4, -0.2) is 19.1 Å². The van der Waals surface area contributed by atoms with Gasteiger partial charge in [-0.25, -0.2) is 0 Å². The second-order valence-corrected chi connectivity index (χ2v) is 4.46. The summed E-state index contributed by atoms with van der Waals surface area (Å²) in [6, 6.07) is -0.396. The number of carbonyl (C=O) groups excluding carboxylic acids is 1. The van der Waals surface area contributed by atoms with Crippen molar-refractivity contribution in [2.75, 3.05) is 7.11 Å². The molecule has 0 aromatic carbocycles. The average molecular weight is 183 g/mol. The summed E-state index contributed by atoms with van der Waals surface area (Å²) >= 11 is 0. The lowest BCUT2D eigenvalue weighted by Gasteiger charge is -2.15. The first kappa shape index (κ1) is 9.00. The summed E-state index contributed by atoms with van der Waals surface area (Å²) in [4.78, 5) is 11.0. The van der Waals surface area contributed by atoms with E-state index in [0.717, 1.165) is 18.3 Å². The van der Waals surface area contributed by atoms with E-state index in [4.69, 9.17) is 5.73 Å². The van der Waals surface area contributed by atoms with Crippen LogP contribution in [0.5, 0.6) is 0 Å². The van der Waals surface area contributed by atoms with Gasteiger partial charge >= 0.3 is 5.97 Å². The maximum atomic E-state index is 11.0. The minimum Gasteiger partial charge on any atom is -0.468 e. The number of fused-ring (bicyclic) bond motifs is 1. The third-order valence-electron chi connectivity index (χ3n) is 3.43. The largest absolute Gasteiger partial charge is 0.468 e. The molecule has 2 saturated carbocycles. The highest BCUT2D eigenvalue weighted by Crippen LogP contribution is 2.55. The summed E-state index contributed by atoms with van der Waals surface area (Å²) in [6.07, 6.45) is 4.81. The summed E-state index contributed by atoms with van der Waals surface area (Å²) in [5.74, 6) is 2.35. The predicted octanol–water partition coefficient (Wildman–Crippen LogP) is 0.923. The molecule has 4 atom stereocenters. The number of hydrogen-bond donors (Lipinski definition) is 1. The van der Waals surface area contributed by atoms with E-state index in [0.29, 0.717) is 5.92 Å². The van der Waals surface area contributed by atoms with E-state index in [2.05, 4.69) is 4.74 Å². The van der Waals surface area contributed by atoms with Crippen LogP contribution in [0.15, 0.2) is 0 Å². The van der Waals surface area contributed by atoms with Crippen LogP contribution in [0.1, 0.15) is 25.7 Å². The zero-order valence-corrected chi connectivity index (χ0v) is 8.03. The van der Waals surface area contributed by atoms with Crippen molar-refractivity contribution < 1.29 is 9.53 Å². The number of carbonyl (C=O) groups is 1. The lowest BCUT2D eigenvalue weighted by atomic mass is 9.95. The van der Waals surface area contributed by atoms with Crippen LogP contribution in [0.4, 0.5) is 0 Å². The molecule has 0 aromatic rings. The molecule has 0 heterocycles. The summed E-state index contributed by atoms with van der Waals surface area (Å²) in [6.45, 7) is 0. The molecule has 74 valence electrons. The highest BCUT2D eigenvalue weighted by atomic mass is 16.5. The molecule has 3 heteroatoms. The van der Waals surface area contributed by atoms with E-state index in [9.17, 15) is 4.79 Å². The molecule has 0 radical (unpaired) electrons. The number of rotatable bonds is 3. The maximum Gasteiger partial charge on any atom is 0.322 e. The summed E-state index contributed by atoms with van der Waals surface area (Å²) in [5, 5.41) is 0. The van der Waals surface area contributed by atoms with Gasteiger partial charge in [-0.1, -0.05) is 0 Å². The minimum atomic E-state index is -0.396. The molecule has 13 heavy (non-hydrogen) atoms. The Bertz CT molecular complexity index is 207. The Morgan fingerprint density at radius 2 is 2.08 bits per heavy atom. The second kappa shape index (κ2) is 3.29. The second-order valence-electron chi connectivity index (χ2n) is 4.46. The molecule has 2 rings (SSSR count). The molecule has 0 amide bonds. The number of esters is 1. The number of methoxy groups -OCH3 is 1. The van der Waals surface area contributed by atoms with Crippen LogP contribution < -0.4 is 5.73 Å². The number of nitrogens with two attached hydrogens (primary N) is 1. The van der Waals surface area contributed by atoms with Crippen molar-refractivity contribution in [2.45, 2.75) is 31.7 Å². The predicted molar refractivity (Wildman–Crippen MR) is 48.9 cm³/mol. The van der Waals surface area contributed by atoms with Gasteiger partial charge in [-0.15, -0.1) is 0 Å². The van der Waals surface area contributed by atoms with Crippen LogP contribution in [0, 0.1) is 17.8 Å². The van der Waals surface area contributed by atoms with Crippen LogP contribution >= 0.6 is 0 Å². The molecule has 2 aliphatic rings. The molecule has 0 spiro atoms. The van der Waals surface area contributed by atoms with E-state index in [1.165, 1.54) is 26.4 Å². The third-order valence-corrected chi connectivity index (χ3v) is 3.43. The van der Waals surface area contributed by atoms with Crippen molar-refractivity contribution in [2.24, 2.45) is 23.5 Å². The van der Waals surface area contributed by atoms with Gasteiger partial charge in [0.1, 0.15) is 6.04 Å². The molecule has 2 N–H and O–H groups in total. The normalized spacial score (nSPS) is 38.2. The fourth-order valence-electron chi connectivity index (χ4n) is 2.64. The Hall–Kier alpha value is -0.570. The Morgan fingerprint density at radius 3 is 2.62 bits per heavy atom. The van der Waals surface area contributed by atoms with Crippen molar-refractivity contribution in [3.63, 3.8) is 0 Å². The van der Waals surface area contributed by atoms with E-state index in [-0.39, 0.29) is 5.97 Å². The molecule has 0 saturated heterocycles. The quantitative estimate of drug-likeness (QED) is 0.662. The van der Waals surface area contributed by atoms with E-state index >= 15 is 0 Å². The van der Waals surface area contributed by atoms with Gasteiger partial charge in [0.15, 0.2) is 0 Å². The topological polar surface area (TPSA) is 52.3 Å². The Labute approximate surface area is 78.6 Å². The molecule has 0 aliphatic heterocycles. The molecule has 2 aliphatic carbocycles. The summed E-state index contributed by atoms with van der Waals surface area (Å²) in [7, 11) is 1.40. The van der Waals surface area contributed by atoms with Gasteiger partial charge in [0.05, 0.1) is 7.11 Å². The van der Waals surface area contributed by atoms with E-state index in [1.807, 2.05) is 0 Å². The zero-order chi connectivity index (χ0) is 9.42. The van der Waals surface area contributed by atoms with Crippen LogP contribution in [0.3, 0.4) is 0 Å². The van der Waals surface area contributed by atoms with Crippen molar-refractivity contribution in [1.29, 1.82) is 0 Å². The fraction of sp³-hybridized carbons (Fsp3) is 0.900. The van der Waals surface area contributed by atoms with Gasteiger partial charge in [-0.05, 0) is 43.4 Å². The monoisotopic (exact) mass is 183 g/mol.